The summed E-state index contributed by atoms with van der Waals surface area (Å²) in [6, 6.07) is 12.3. The van der Waals surface area contributed by atoms with Crippen LogP contribution in [0.15, 0.2) is 58.8 Å². The van der Waals surface area contributed by atoms with Gasteiger partial charge in [0.1, 0.15) is 0 Å². The average molecular weight is 347 g/mol. The van der Waals surface area contributed by atoms with Gasteiger partial charge in [-0.05, 0) is 36.1 Å². The van der Waals surface area contributed by atoms with Gasteiger partial charge >= 0.3 is 0 Å². The van der Waals surface area contributed by atoms with E-state index in [4.69, 9.17) is 0 Å². The van der Waals surface area contributed by atoms with E-state index < -0.39 is 15.1 Å². The number of rotatable bonds is 4. The van der Waals surface area contributed by atoms with Gasteiger partial charge < -0.3 is 4.90 Å². The number of carbonyl (C=O) groups excluding carboxylic acids is 1. The van der Waals surface area contributed by atoms with Crippen molar-refractivity contribution in [3.63, 3.8) is 0 Å². The maximum atomic E-state index is 12.6. The molecule has 0 aliphatic carbocycles. The zero-order valence-electron chi connectivity index (χ0n) is 12.5. The van der Waals surface area contributed by atoms with E-state index in [0.717, 1.165) is 4.88 Å². The smallest absolute Gasteiger partial charge is 0.246 e. The Morgan fingerprint density at radius 1 is 1.17 bits per heavy atom. The maximum Gasteiger partial charge on any atom is 0.246 e. The lowest BCUT2D eigenvalue weighted by atomic mass is 10.4. The van der Waals surface area contributed by atoms with Gasteiger partial charge in [-0.1, -0.05) is 24.3 Å². The highest BCUT2D eigenvalue weighted by Gasteiger charge is 2.35. The summed E-state index contributed by atoms with van der Waals surface area (Å²) >= 11 is 1.56. The quantitative estimate of drug-likeness (QED) is 0.799. The molecule has 0 spiro atoms. The molecule has 4 nitrogen and oxygen atoms in total. The van der Waals surface area contributed by atoms with E-state index in [0.29, 0.717) is 17.9 Å². The number of hydrogen-bond acceptors (Lipinski definition) is 4. The van der Waals surface area contributed by atoms with E-state index in [1.165, 1.54) is 6.08 Å². The Labute approximate surface area is 140 Å². The topological polar surface area (TPSA) is 54.5 Å². The zero-order valence-corrected chi connectivity index (χ0v) is 14.1. The molecule has 120 valence electrons. The molecule has 0 saturated carbocycles. The van der Waals surface area contributed by atoms with Crippen LogP contribution in [0.5, 0.6) is 0 Å². The van der Waals surface area contributed by atoms with Gasteiger partial charge in [0.25, 0.3) is 0 Å². The van der Waals surface area contributed by atoms with Crippen LogP contribution in [0.25, 0.3) is 6.08 Å². The highest BCUT2D eigenvalue weighted by atomic mass is 32.2. The lowest BCUT2D eigenvalue weighted by Gasteiger charge is -2.15. The Bertz CT molecular complexity index is 796. The number of benzene rings is 1. The lowest BCUT2D eigenvalue weighted by Crippen LogP contribution is -2.30. The molecule has 1 atom stereocenters. The number of likely N-dealkylation sites (tertiary alicyclic amines) is 1. The fraction of sp³-hybridized carbons (Fsp3) is 0.235. The first-order valence-corrected chi connectivity index (χ1v) is 9.79. The van der Waals surface area contributed by atoms with E-state index >= 15 is 0 Å². The van der Waals surface area contributed by atoms with Crippen molar-refractivity contribution in [1.82, 2.24) is 4.90 Å². The second-order valence-electron chi connectivity index (χ2n) is 5.40. The number of carbonyl (C=O) groups is 1. The Kier molecular flexibility index (Phi) is 4.63. The summed E-state index contributed by atoms with van der Waals surface area (Å²) < 4.78 is 25.2. The minimum Gasteiger partial charge on any atom is -0.338 e. The third-order valence-corrected chi connectivity index (χ3v) is 6.93. The summed E-state index contributed by atoms with van der Waals surface area (Å²) in [7, 11) is -3.38. The summed E-state index contributed by atoms with van der Waals surface area (Å²) in [5.74, 6) is -0.135. The fourth-order valence-electron chi connectivity index (χ4n) is 2.63. The molecular weight excluding hydrogens is 330 g/mol. The fourth-order valence-corrected chi connectivity index (χ4v) is 4.96. The molecule has 6 heteroatoms. The van der Waals surface area contributed by atoms with Gasteiger partial charge in [0.05, 0.1) is 10.1 Å². The van der Waals surface area contributed by atoms with Gasteiger partial charge in [-0.15, -0.1) is 11.3 Å². The molecule has 1 saturated heterocycles. The molecule has 1 aromatic heterocycles. The van der Waals surface area contributed by atoms with Crippen molar-refractivity contribution in [3.8, 4) is 0 Å². The van der Waals surface area contributed by atoms with Crippen LogP contribution in [0.1, 0.15) is 11.3 Å². The van der Waals surface area contributed by atoms with Crippen molar-refractivity contribution < 1.29 is 13.2 Å². The molecule has 1 aliphatic heterocycles. The monoisotopic (exact) mass is 347 g/mol. The maximum absolute atomic E-state index is 12.6. The number of sulfone groups is 1. The van der Waals surface area contributed by atoms with E-state index in [2.05, 4.69) is 0 Å². The van der Waals surface area contributed by atoms with E-state index in [1.54, 1.807) is 52.6 Å². The van der Waals surface area contributed by atoms with Crippen LogP contribution in [0.3, 0.4) is 0 Å². The van der Waals surface area contributed by atoms with Crippen LogP contribution in [0.2, 0.25) is 0 Å². The highest BCUT2D eigenvalue weighted by Crippen LogP contribution is 2.24. The van der Waals surface area contributed by atoms with E-state index in [-0.39, 0.29) is 12.5 Å². The third-order valence-electron chi connectivity index (χ3n) is 3.90. The average Bonchev–Trinajstić information content (AvgIpc) is 3.25. The minimum absolute atomic E-state index is 0.135. The van der Waals surface area contributed by atoms with Crippen LogP contribution in [0.4, 0.5) is 0 Å². The molecule has 1 amide bonds. The molecule has 1 fully saturated rings. The van der Waals surface area contributed by atoms with Crippen molar-refractivity contribution in [1.29, 1.82) is 0 Å². The standard InChI is InChI=1S/C17H17NO3S2/c19-17(9-8-14-5-4-12-22-14)18-11-10-16(13-18)23(20,21)15-6-2-1-3-7-15/h1-9,12,16H,10-11,13H2/b9-8+. The summed E-state index contributed by atoms with van der Waals surface area (Å²) in [5, 5.41) is 1.42. The molecule has 0 N–H and O–H groups in total. The molecule has 3 rings (SSSR count). The second kappa shape index (κ2) is 6.68. The van der Waals surface area contributed by atoms with Gasteiger partial charge in [-0.2, -0.15) is 0 Å². The summed E-state index contributed by atoms with van der Waals surface area (Å²) in [6.45, 7) is 0.731. The van der Waals surface area contributed by atoms with Crippen molar-refractivity contribution >= 4 is 33.2 Å². The first kappa shape index (κ1) is 16.0. The molecule has 1 unspecified atom stereocenters. The van der Waals surface area contributed by atoms with E-state index in [1.807, 2.05) is 17.5 Å². The Balaban J connectivity index is 1.67. The normalized spacial score (nSPS) is 18.6. The molecule has 23 heavy (non-hydrogen) atoms. The highest BCUT2D eigenvalue weighted by molar-refractivity contribution is 7.92. The molecule has 2 heterocycles. The Morgan fingerprint density at radius 3 is 2.65 bits per heavy atom. The van der Waals surface area contributed by atoms with Crippen molar-refractivity contribution in [2.75, 3.05) is 13.1 Å². The summed E-state index contributed by atoms with van der Waals surface area (Å²) in [5.41, 5.74) is 0. The van der Waals surface area contributed by atoms with Gasteiger partial charge in [0.2, 0.25) is 5.91 Å². The Morgan fingerprint density at radius 2 is 1.96 bits per heavy atom. The largest absolute Gasteiger partial charge is 0.338 e. The predicted octanol–water partition coefficient (Wildman–Crippen LogP) is 2.84. The number of hydrogen-bond donors (Lipinski definition) is 0. The van der Waals surface area contributed by atoms with Gasteiger partial charge in [0.15, 0.2) is 9.84 Å². The van der Waals surface area contributed by atoms with Crippen LogP contribution < -0.4 is 0 Å². The van der Waals surface area contributed by atoms with Gasteiger partial charge in [-0.3, -0.25) is 4.79 Å². The summed E-state index contributed by atoms with van der Waals surface area (Å²) in [4.78, 5) is 15.1. The van der Waals surface area contributed by atoms with Crippen molar-refractivity contribution in [2.45, 2.75) is 16.6 Å². The van der Waals surface area contributed by atoms with Crippen LogP contribution >= 0.6 is 11.3 Å². The number of thiophene rings is 1. The van der Waals surface area contributed by atoms with Gasteiger partial charge in [0, 0.05) is 24.0 Å². The molecular formula is C17H17NO3S2. The van der Waals surface area contributed by atoms with Crippen LogP contribution in [-0.2, 0) is 14.6 Å². The second-order valence-corrected chi connectivity index (χ2v) is 8.61. The first-order valence-electron chi connectivity index (χ1n) is 7.37. The minimum atomic E-state index is -3.38. The molecule has 2 aromatic rings. The van der Waals surface area contributed by atoms with Gasteiger partial charge in [-0.25, -0.2) is 8.42 Å². The summed E-state index contributed by atoms with van der Waals surface area (Å²) in [6.07, 6.45) is 3.77. The Hall–Kier alpha value is -1.92. The van der Waals surface area contributed by atoms with Crippen LogP contribution in [0, 0.1) is 0 Å². The first-order chi connectivity index (χ1) is 11.1. The third kappa shape index (κ3) is 3.54. The molecule has 0 bridgehead atoms. The van der Waals surface area contributed by atoms with Crippen molar-refractivity contribution in [2.24, 2.45) is 0 Å². The molecule has 1 aliphatic rings. The van der Waals surface area contributed by atoms with E-state index in [9.17, 15) is 13.2 Å². The zero-order chi connectivity index (χ0) is 16.3. The predicted molar refractivity (Wildman–Crippen MR) is 92.0 cm³/mol. The molecule has 0 radical (unpaired) electrons. The molecule has 1 aromatic carbocycles. The van der Waals surface area contributed by atoms with Crippen LogP contribution in [-0.4, -0.2) is 37.6 Å². The van der Waals surface area contributed by atoms with Crippen molar-refractivity contribution in [3.05, 3.63) is 58.8 Å². The SMILES string of the molecule is O=C(/C=C/c1cccs1)N1CCC(S(=O)(=O)c2ccccc2)C1. The lowest BCUT2D eigenvalue weighted by molar-refractivity contribution is -0.124. The number of amides is 1. The number of nitrogens with zero attached hydrogens (tertiary/aromatic N) is 1.